The van der Waals surface area contributed by atoms with E-state index in [-0.39, 0.29) is 36.4 Å². The maximum Gasteiger partial charge on any atom is 0.243 e. The van der Waals surface area contributed by atoms with Gasteiger partial charge in [0.2, 0.25) is 5.91 Å². The monoisotopic (exact) mass is 501 g/mol. The minimum absolute atomic E-state index is 0. The fourth-order valence-electron chi connectivity index (χ4n) is 2.77. The molecule has 0 saturated carbocycles. The molecule has 0 bridgehead atoms. The summed E-state index contributed by atoms with van der Waals surface area (Å²) in [6.45, 7) is 10.1. The van der Waals surface area contributed by atoms with E-state index in [1.165, 1.54) is 0 Å². The zero-order valence-corrected chi connectivity index (χ0v) is 19.6. The van der Waals surface area contributed by atoms with Crippen molar-refractivity contribution < 1.29 is 9.53 Å². The quantitative estimate of drug-likeness (QED) is 0.280. The van der Waals surface area contributed by atoms with Gasteiger partial charge in [0.1, 0.15) is 12.3 Å². The van der Waals surface area contributed by atoms with Crippen molar-refractivity contribution >= 4 is 41.5 Å². The second-order valence-electron chi connectivity index (χ2n) is 6.91. The molecule has 1 aromatic carbocycles. The fourth-order valence-corrected chi connectivity index (χ4v) is 2.77. The van der Waals surface area contributed by atoms with Crippen LogP contribution in [0.25, 0.3) is 0 Å². The van der Waals surface area contributed by atoms with E-state index in [0.29, 0.717) is 6.54 Å². The molecule has 1 heterocycles. The normalized spacial score (nSPS) is 14.2. The molecule has 1 aromatic rings. The third-order valence-corrected chi connectivity index (χ3v) is 4.41. The van der Waals surface area contributed by atoms with Crippen LogP contribution < -0.4 is 15.0 Å². The lowest BCUT2D eigenvalue weighted by molar-refractivity contribution is -0.127. The largest absolute Gasteiger partial charge is 0.497 e. The van der Waals surface area contributed by atoms with E-state index in [2.05, 4.69) is 38.8 Å². The van der Waals surface area contributed by atoms with E-state index in [4.69, 9.17) is 4.74 Å². The lowest BCUT2D eigenvalue weighted by Crippen LogP contribution is -2.53. The second-order valence-corrected chi connectivity index (χ2v) is 6.91. The summed E-state index contributed by atoms with van der Waals surface area (Å²) in [7, 11) is 5.17. The van der Waals surface area contributed by atoms with Gasteiger partial charge in [0.15, 0.2) is 5.96 Å². The standard InChI is InChI=1S/C20H31N5O2.HI/c1-16(2)14-21-20(22-15-19(26)23(3)4)25-11-9-24(10-12-25)17-7-6-8-18(13-17)27-5;/h6-8,13H,1,9-12,14-15H2,2-5H3,(H,21,22);1H. The highest BCUT2D eigenvalue weighted by molar-refractivity contribution is 14.0. The minimum atomic E-state index is -0.0142. The number of benzene rings is 1. The number of amides is 1. The number of rotatable bonds is 6. The van der Waals surface area contributed by atoms with Crippen LogP contribution in [-0.4, -0.2) is 82.1 Å². The highest BCUT2D eigenvalue weighted by Crippen LogP contribution is 2.22. The molecule has 1 N–H and O–H groups in total. The number of hydrogen-bond donors (Lipinski definition) is 1. The van der Waals surface area contributed by atoms with Crippen LogP contribution in [0.15, 0.2) is 41.4 Å². The molecule has 7 nitrogen and oxygen atoms in total. The Morgan fingerprint density at radius 2 is 1.96 bits per heavy atom. The number of likely N-dealkylation sites (N-methyl/N-ethyl adjacent to an activating group) is 1. The molecule has 28 heavy (non-hydrogen) atoms. The van der Waals surface area contributed by atoms with Crippen molar-refractivity contribution in [3.05, 3.63) is 36.4 Å². The van der Waals surface area contributed by atoms with Gasteiger partial charge in [0, 0.05) is 58.6 Å². The third kappa shape index (κ3) is 7.21. The summed E-state index contributed by atoms with van der Waals surface area (Å²) in [5, 5.41) is 3.32. The lowest BCUT2D eigenvalue weighted by Gasteiger charge is -2.38. The van der Waals surface area contributed by atoms with Crippen LogP contribution in [0.5, 0.6) is 5.75 Å². The van der Waals surface area contributed by atoms with Crippen molar-refractivity contribution in [1.29, 1.82) is 0 Å². The summed E-state index contributed by atoms with van der Waals surface area (Å²) < 4.78 is 5.32. The van der Waals surface area contributed by atoms with Gasteiger partial charge in [-0.05, 0) is 19.1 Å². The molecule has 8 heteroatoms. The number of carbonyl (C=O) groups excluding carboxylic acids is 1. The summed E-state index contributed by atoms with van der Waals surface area (Å²) >= 11 is 0. The summed E-state index contributed by atoms with van der Waals surface area (Å²) in [6.07, 6.45) is 0. The van der Waals surface area contributed by atoms with Gasteiger partial charge in [-0.2, -0.15) is 0 Å². The molecule has 0 spiro atoms. The van der Waals surface area contributed by atoms with Crippen molar-refractivity contribution in [2.24, 2.45) is 4.99 Å². The molecule has 1 saturated heterocycles. The second kappa shape index (κ2) is 11.8. The Morgan fingerprint density at radius 1 is 1.29 bits per heavy atom. The van der Waals surface area contributed by atoms with Gasteiger partial charge in [-0.25, -0.2) is 4.99 Å². The van der Waals surface area contributed by atoms with Gasteiger partial charge >= 0.3 is 0 Å². The van der Waals surface area contributed by atoms with Crippen LogP contribution in [0, 0.1) is 0 Å². The maximum absolute atomic E-state index is 11.9. The molecule has 156 valence electrons. The lowest BCUT2D eigenvalue weighted by atomic mass is 10.2. The number of piperazine rings is 1. The Kier molecular flexibility index (Phi) is 10.1. The molecular weight excluding hydrogens is 469 g/mol. The highest BCUT2D eigenvalue weighted by atomic mass is 127. The number of nitrogens with zero attached hydrogens (tertiary/aromatic N) is 4. The van der Waals surface area contributed by atoms with Crippen LogP contribution in [0.4, 0.5) is 5.69 Å². The van der Waals surface area contributed by atoms with E-state index in [0.717, 1.165) is 49.1 Å². The van der Waals surface area contributed by atoms with Crippen LogP contribution in [0.3, 0.4) is 0 Å². The van der Waals surface area contributed by atoms with Gasteiger partial charge in [-0.15, -0.1) is 24.0 Å². The molecular formula is C20H32IN5O2. The summed E-state index contributed by atoms with van der Waals surface area (Å²) in [6, 6.07) is 8.12. The zero-order valence-electron chi connectivity index (χ0n) is 17.3. The number of carbonyl (C=O) groups is 1. The van der Waals surface area contributed by atoms with Gasteiger partial charge in [-0.3, -0.25) is 4.79 Å². The number of ether oxygens (including phenoxy) is 1. The summed E-state index contributed by atoms with van der Waals surface area (Å²) in [5.41, 5.74) is 2.18. The van der Waals surface area contributed by atoms with E-state index in [1.807, 2.05) is 19.1 Å². The van der Waals surface area contributed by atoms with Crippen LogP contribution in [0.1, 0.15) is 6.92 Å². The minimum Gasteiger partial charge on any atom is -0.497 e. The molecule has 2 rings (SSSR count). The van der Waals surface area contributed by atoms with Gasteiger partial charge < -0.3 is 24.8 Å². The Hall–Kier alpha value is -1.97. The molecule has 0 aliphatic carbocycles. The maximum atomic E-state index is 11.9. The van der Waals surface area contributed by atoms with E-state index in [9.17, 15) is 4.79 Å². The zero-order chi connectivity index (χ0) is 19.8. The Balaban J connectivity index is 0.00000392. The fraction of sp³-hybridized carbons (Fsp3) is 0.500. The predicted octanol–water partition coefficient (Wildman–Crippen LogP) is 2.05. The molecule has 1 fully saturated rings. The van der Waals surface area contributed by atoms with Crippen molar-refractivity contribution in [1.82, 2.24) is 15.1 Å². The van der Waals surface area contributed by atoms with Crippen LogP contribution >= 0.6 is 24.0 Å². The topological polar surface area (TPSA) is 60.4 Å². The first-order valence-electron chi connectivity index (χ1n) is 9.17. The van der Waals surface area contributed by atoms with Gasteiger partial charge in [0.05, 0.1) is 7.11 Å². The van der Waals surface area contributed by atoms with Gasteiger partial charge in [-0.1, -0.05) is 18.2 Å². The Morgan fingerprint density at radius 3 is 2.54 bits per heavy atom. The number of methoxy groups -OCH3 is 1. The van der Waals surface area contributed by atoms with E-state index < -0.39 is 0 Å². The first-order valence-corrected chi connectivity index (χ1v) is 9.17. The number of hydrogen-bond acceptors (Lipinski definition) is 4. The molecule has 0 radical (unpaired) electrons. The van der Waals surface area contributed by atoms with Crippen LogP contribution in [-0.2, 0) is 4.79 Å². The van der Waals surface area contributed by atoms with Crippen molar-refractivity contribution in [3.63, 3.8) is 0 Å². The van der Waals surface area contributed by atoms with E-state index >= 15 is 0 Å². The first kappa shape index (κ1) is 24.1. The van der Waals surface area contributed by atoms with Crippen molar-refractivity contribution in [2.45, 2.75) is 6.92 Å². The highest BCUT2D eigenvalue weighted by Gasteiger charge is 2.20. The molecule has 1 aliphatic heterocycles. The summed E-state index contributed by atoms with van der Waals surface area (Å²) in [5.74, 6) is 1.61. The molecule has 1 aliphatic rings. The smallest absolute Gasteiger partial charge is 0.243 e. The van der Waals surface area contributed by atoms with Crippen molar-refractivity contribution in [3.8, 4) is 5.75 Å². The SMILES string of the molecule is C=C(C)CNC(=NCC(=O)N(C)C)N1CCN(c2cccc(OC)c2)CC1.I. The average Bonchev–Trinajstić information content (AvgIpc) is 2.67. The Labute approximate surface area is 185 Å². The molecule has 0 aromatic heterocycles. The molecule has 0 atom stereocenters. The van der Waals surface area contributed by atoms with Gasteiger partial charge in [0.25, 0.3) is 0 Å². The number of nitrogens with one attached hydrogen (secondary N) is 1. The molecule has 0 unspecified atom stereocenters. The summed E-state index contributed by atoms with van der Waals surface area (Å²) in [4.78, 5) is 22.5. The average molecular weight is 501 g/mol. The third-order valence-electron chi connectivity index (χ3n) is 4.41. The number of halogens is 1. The Bertz CT molecular complexity index is 685. The van der Waals surface area contributed by atoms with E-state index in [1.54, 1.807) is 26.1 Å². The predicted molar refractivity (Wildman–Crippen MR) is 126 cm³/mol. The van der Waals surface area contributed by atoms with Crippen LogP contribution in [0.2, 0.25) is 0 Å². The first-order chi connectivity index (χ1) is 12.9. The van der Waals surface area contributed by atoms with Crippen molar-refractivity contribution in [2.75, 3.05) is 65.4 Å². The molecule has 1 amide bonds. The number of aliphatic imine (C=N–C) groups is 1. The number of anilines is 1. The number of guanidine groups is 1.